The Morgan fingerprint density at radius 1 is 1.10 bits per heavy atom. The molecule has 0 saturated carbocycles. The van der Waals surface area contributed by atoms with Gasteiger partial charge in [0.25, 0.3) is 0 Å². The first-order chi connectivity index (χ1) is 13.9. The Bertz CT molecular complexity index is 1070. The van der Waals surface area contributed by atoms with Gasteiger partial charge < -0.3 is 5.32 Å². The molecule has 5 nitrogen and oxygen atoms in total. The molecular weight excluding hydrogens is 438 g/mol. The molecule has 0 atom stereocenters. The summed E-state index contributed by atoms with van der Waals surface area (Å²) in [5.74, 6) is -6.17. The number of hydrogen-bond donors (Lipinski definition) is 1. The molecule has 0 aromatic heterocycles. The average Bonchev–Trinajstić information content (AvgIpc) is 2.67. The van der Waals surface area contributed by atoms with E-state index >= 15 is 0 Å². The van der Waals surface area contributed by atoms with Crippen molar-refractivity contribution in [1.29, 1.82) is 0 Å². The van der Waals surface area contributed by atoms with Crippen molar-refractivity contribution in [3.63, 3.8) is 0 Å². The number of alkyl halides is 3. The van der Waals surface area contributed by atoms with E-state index in [1.807, 2.05) is 5.32 Å². The van der Waals surface area contributed by atoms with Crippen LogP contribution in [0.1, 0.15) is 5.56 Å². The Hall–Kier alpha value is -2.86. The number of benzene rings is 2. The fourth-order valence-electron chi connectivity index (χ4n) is 2.35. The number of hydrogen-bond acceptors (Lipinski definition) is 3. The minimum absolute atomic E-state index is 0.401. The summed E-state index contributed by atoms with van der Waals surface area (Å²) in [5.41, 5.74) is -1.95. The number of sulfonamides is 1. The van der Waals surface area contributed by atoms with E-state index in [1.54, 1.807) is 0 Å². The highest BCUT2D eigenvalue weighted by Gasteiger charge is 2.33. The average molecular weight is 452 g/mol. The summed E-state index contributed by atoms with van der Waals surface area (Å²) in [4.78, 5) is 11.4. The number of nitrogens with one attached hydrogen (secondary N) is 1. The van der Waals surface area contributed by atoms with Crippen molar-refractivity contribution in [2.45, 2.75) is 11.1 Å². The Morgan fingerprint density at radius 2 is 1.77 bits per heavy atom. The topological polar surface area (TPSA) is 66.5 Å². The molecule has 2 aromatic rings. The van der Waals surface area contributed by atoms with E-state index < -0.39 is 68.8 Å². The molecule has 0 unspecified atom stereocenters. The van der Waals surface area contributed by atoms with Gasteiger partial charge >= 0.3 is 6.18 Å². The molecule has 0 bridgehead atoms. The van der Waals surface area contributed by atoms with E-state index in [2.05, 4.69) is 6.58 Å². The second kappa shape index (κ2) is 8.88. The molecule has 1 N–H and O–H groups in total. The Labute approximate surface area is 167 Å². The van der Waals surface area contributed by atoms with Crippen molar-refractivity contribution in [2.24, 2.45) is 0 Å². The molecular formula is C18H14F6N2O3S. The highest BCUT2D eigenvalue weighted by molar-refractivity contribution is 7.89. The van der Waals surface area contributed by atoms with Crippen LogP contribution < -0.4 is 5.32 Å². The van der Waals surface area contributed by atoms with Crippen LogP contribution in [0.25, 0.3) is 0 Å². The molecule has 0 aliphatic rings. The van der Waals surface area contributed by atoms with E-state index in [4.69, 9.17) is 0 Å². The number of halogens is 6. The van der Waals surface area contributed by atoms with Crippen LogP contribution in [0.15, 0.2) is 53.9 Å². The van der Waals surface area contributed by atoms with E-state index in [0.29, 0.717) is 22.5 Å². The van der Waals surface area contributed by atoms with E-state index in [9.17, 15) is 39.6 Å². The quantitative estimate of drug-likeness (QED) is 0.393. The molecule has 2 aromatic carbocycles. The van der Waals surface area contributed by atoms with Crippen LogP contribution in [0.3, 0.4) is 0 Å². The van der Waals surface area contributed by atoms with Crippen molar-refractivity contribution in [3.05, 3.63) is 72.1 Å². The number of carbonyl (C=O) groups is 1. The summed E-state index contributed by atoms with van der Waals surface area (Å²) in [6, 6.07) is 4.15. The monoisotopic (exact) mass is 452 g/mol. The molecule has 2 rings (SSSR count). The second-order valence-corrected chi connectivity index (χ2v) is 7.82. The molecule has 30 heavy (non-hydrogen) atoms. The summed E-state index contributed by atoms with van der Waals surface area (Å²) in [6.45, 7) is 1.90. The van der Waals surface area contributed by atoms with Gasteiger partial charge in [-0.2, -0.15) is 17.5 Å². The molecule has 1 amide bonds. The molecule has 0 aliphatic carbocycles. The van der Waals surface area contributed by atoms with Gasteiger partial charge in [0.05, 0.1) is 22.7 Å². The van der Waals surface area contributed by atoms with Gasteiger partial charge in [0.2, 0.25) is 15.9 Å². The van der Waals surface area contributed by atoms with E-state index in [-0.39, 0.29) is 0 Å². The smallest absolute Gasteiger partial charge is 0.322 e. The van der Waals surface area contributed by atoms with E-state index in [0.717, 1.165) is 24.3 Å². The maximum absolute atomic E-state index is 13.7. The molecule has 0 aliphatic heterocycles. The van der Waals surface area contributed by atoms with Gasteiger partial charge in [-0.25, -0.2) is 21.6 Å². The van der Waals surface area contributed by atoms with Crippen LogP contribution in [-0.2, 0) is 21.0 Å². The van der Waals surface area contributed by atoms with Crippen LogP contribution >= 0.6 is 0 Å². The zero-order valence-electron chi connectivity index (χ0n) is 15.0. The minimum atomic E-state index is -4.80. The second-order valence-electron chi connectivity index (χ2n) is 5.88. The number of rotatable bonds is 7. The predicted molar refractivity (Wildman–Crippen MR) is 95.3 cm³/mol. The number of carbonyl (C=O) groups excluding carboxylic acids is 1. The molecule has 0 fully saturated rings. The Balaban J connectivity index is 2.30. The Kier molecular flexibility index (Phi) is 6.93. The summed E-state index contributed by atoms with van der Waals surface area (Å²) < 4.78 is 104. The SMILES string of the molecule is C=CCN(CC(=O)Nc1ccc(F)c(F)c1F)S(=O)(=O)c1cccc(C(F)(F)F)c1. The zero-order chi connectivity index (χ0) is 22.7. The number of nitrogens with zero attached hydrogens (tertiary/aromatic N) is 1. The fourth-order valence-corrected chi connectivity index (χ4v) is 3.76. The lowest BCUT2D eigenvalue weighted by molar-refractivity contribution is -0.137. The lowest BCUT2D eigenvalue weighted by atomic mass is 10.2. The van der Waals surface area contributed by atoms with Gasteiger partial charge in [-0.1, -0.05) is 12.1 Å². The summed E-state index contributed by atoms with van der Waals surface area (Å²) in [5, 5.41) is 1.89. The maximum Gasteiger partial charge on any atom is 0.416 e. The Morgan fingerprint density at radius 3 is 2.37 bits per heavy atom. The van der Waals surface area contributed by atoms with Crippen LogP contribution in [0.5, 0.6) is 0 Å². The van der Waals surface area contributed by atoms with Gasteiger partial charge in [-0.3, -0.25) is 4.79 Å². The van der Waals surface area contributed by atoms with Gasteiger partial charge in [-0.05, 0) is 30.3 Å². The fraction of sp³-hybridized carbons (Fsp3) is 0.167. The van der Waals surface area contributed by atoms with Crippen LogP contribution in [-0.4, -0.2) is 31.7 Å². The maximum atomic E-state index is 13.7. The first kappa shape index (κ1) is 23.4. The molecule has 0 spiro atoms. The lowest BCUT2D eigenvalue weighted by Crippen LogP contribution is -2.38. The van der Waals surface area contributed by atoms with Crippen molar-refractivity contribution < 1.29 is 39.6 Å². The molecule has 0 saturated heterocycles. The normalized spacial score (nSPS) is 12.1. The standard InChI is InChI=1S/C18H14F6N2O3S/c1-2-8-26(10-15(27)25-14-7-6-13(19)16(20)17(14)21)30(28,29)12-5-3-4-11(9-12)18(22,23)24/h2-7,9H,1,8,10H2,(H,25,27). The van der Waals surface area contributed by atoms with Crippen molar-refractivity contribution >= 4 is 21.6 Å². The first-order valence-corrected chi connectivity index (χ1v) is 9.53. The van der Waals surface area contributed by atoms with E-state index in [1.165, 1.54) is 0 Å². The van der Waals surface area contributed by atoms with Crippen LogP contribution in [0, 0.1) is 17.5 Å². The molecule has 0 heterocycles. The van der Waals surface area contributed by atoms with Crippen LogP contribution in [0.4, 0.5) is 32.0 Å². The van der Waals surface area contributed by atoms with Gasteiger partial charge in [0, 0.05) is 6.54 Å². The largest absolute Gasteiger partial charge is 0.416 e. The predicted octanol–water partition coefficient (Wildman–Crippen LogP) is 3.94. The molecule has 162 valence electrons. The summed E-state index contributed by atoms with van der Waals surface area (Å²) in [6.07, 6.45) is -3.72. The van der Waals surface area contributed by atoms with Crippen molar-refractivity contribution in [2.75, 3.05) is 18.4 Å². The lowest BCUT2D eigenvalue weighted by Gasteiger charge is -2.21. The molecule has 0 radical (unpaired) electrons. The third-order valence-electron chi connectivity index (χ3n) is 3.76. The first-order valence-electron chi connectivity index (χ1n) is 8.09. The highest BCUT2D eigenvalue weighted by Crippen LogP contribution is 2.31. The zero-order valence-corrected chi connectivity index (χ0v) is 15.8. The summed E-state index contributed by atoms with van der Waals surface area (Å²) >= 11 is 0. The third kappa shape index (κ3) is 5.19. The summed E-state index contributed by atoms with van der Waals surface area (Å²) in [7, 11) is -4.58. The molecule has 12 heteroatoms. The van der Waals surface area contributed by atoms with Crippen LogP contribution in [0.2, 0.25) is 0 Å². The van der Waals surface area contributed by atoms with Gasteiger partial charge in [0.1, 0.15) is 0 Å². The van der Waals surface area contributed by atoms with Gasteiger partial charge in [0.15, 0.2) is 17.5 Å². The minimum Gasteiger partial charge on any atom is -0.322 e. The number of amides is 1. The number of anilines is 1. The third-order valence-corrected chi connectivity index (χ3v) is 5.57. The van der Waals surface area contributed by atoms with Crippen molar-refractivity contribution in [1.82, 2.24) is 4.31 Å². The van der Waals surface area contributed by atoms with Gasteiger partial charge in [-0.15, -0.1) is 6.58 Å². The van der Waals surface area contributed by atoms with Crippen molar-refractivity contribution in [3.8, 4) is 0 Å². The highest BCUT2D eigenvalue weighted by atomic mass is 32.2.